The van der Waals surface area contributed by atoms with Crippen LogP contribution in [0, 0.1) is 0 Å². The molecule has 24 heavy (non-hydrogen) atoms. The Morgan fingerprint density at radius 2 is 1.96 bits per heavy atom. The summed E-state index contributed by atoms with van der Waals surface area (Å²) >= 11 is 0. The first-order valence-corrected chi connectivity index (χ1v) is 8.68. The van der Waals surface area contributed by atoms with E-state index in [0.29, 0.717) is 12.6 Å². The van der Waals surface area contributed by atoms with Gasteiger partial charge in [-0.25, -0.2) is 4.79 Å². The molecule has 0 aromatic heterocycles. The van der Waals surface area contributed by atoms with Crippen LogP contribution in [0.4, 0.5) is 4.79 Å². The predicted octanol–water partition coefficient (Wildman–Crippen LogP) is 3.91. The molecular weight excluding hydrogens is 324 g/mol. The molecule has 0 N–H and O–H groups in total. The molecule has 1 heterocycles. The molecule has 0 saturated carbocycles. The lowest BCUT2D eigenvalue weighted by atomic mass is 9.88. The van der Waals surface area contributed by atoms with Crippen LogP contribution in [0.3, 0.4) is 0 Å². The number of piperidine rings is 1. The molecule has 0 unspecified atom stereocenters. The van der Waals surface area contributed by atoms with Crippen molar-refractivity contribution in [3.05, 3.63) is 35.4 Å². The summed E-state index contributed by atoms with van der Waals surface area (Å²) in [5, 5.41) is 0. The number of nitrogens with zero attached hydrogens (tertiary/aromatic N) is 2. The molecule has 4 nitrogen and oxygen atoms in total. The monoisotopic (exact) mass is 350 g/mol. The van der Waals surface area contributed by atoms with E-state index < -0.39 is 0 Å². The van der Waals surface area contributed by atoms with Gasteiger partial charge in [0.1, 0.15) is 0 Å². The van der Waals surface area contributed by atoms with E-state index in [2.05, 4.69) is 35.2 Å². The number of likely N-dealkylation sites (tertiary alicyclic amines) is 1. The number of ether oxygens (including phenoxy) is 1. The number of benzene rings is 1. The Morgan fingerprint density at radius 1 is 1.25 bits per heavy atom. The largest absolute Gasteiger partial charge is 0.450 e. The topological polar surface area (TPSA) is 32.8 Å². The lowest BCUT2D eigenvalue weighted by molar-refractivity contribution is 0.0727. The van der Waals surface area contributed by atoms with Crippen LogP contribution in [0.1, 0.15) is 37.8 Å². The van der Waals surface area contributed by atoms with Crippen molar-refractivity contribution in [3.8, 4) is 0 Å². The molecule has 1 amide bonds. The van der Waals surface area contributed by atoms with Gasteiger partial charge in [0.2, 0.25) is 0 Å². The molecule has 0 bridgehead atoms. The highest BCUT2D eigenvalue weighted by molar-refractivity contribution is 5.96. The van der Waals surface area contributed by atoms with Gasteiger partial charge in [0.15, 0.2) is 0 Å². The highest BCUT2D eigenvalue weighted by atomic mass is 35.5. The maximum atomic E-state index is 12.0. The summed E-state index contributed by atoms with van der Waals surface area (Å²) in [4.78, 5) is 16.4. The SMILES string of the molecule is CCOC(=O)N(CC)C1CCN(CC2=Cc3ccccc32)CC1.Cl. The molecule has 2 aliphatic rings. The third-order valence-corrected chi connectivity index (χ3v) is 4.87. The first-order valence-electron chi connectivity index (χ1n) is 8.68. The normalized spacial score (nSPS) is 17.2. The Kier molecular flexibility index (Phi) is 6.69. The van der Waals surface area contributed by atoms with E-state index in [1.165, 1.54) is 16.7 Å². The quantitative estimate of drug-likeness (QED) is 0.807. The zero-order valence-corrected chi connectivity index (χ0v) is 15.3. The number of hydrogen-bond acceptors (Lipinski definition) is 3. The van der Waals surface area contributed by atoms with Gasteiger partial charge in [0, 0.05) is 32.2 Å². The summed E-state index contributed by atoms with van der Waals surface area (Å²) in [6.45, 7) is 8.16. The van der Waals surface area contributed by atoms with Crippen molar-refractivity contribution >= 4 is 30.1 Å². The second-order valence-electron chi connectivity index (χ2n) is 6.25. The van der Waals surface area contributed by atoms with Crippen molar-refractivity contribution in [3.63, 3.8) is 0 Å². The minimum Gasteiger partial charge on any atom is -0.450 e. The summed E-state index contributed by atoms with van der Waals surface area (Å²) in [6.07, 6.45) is 4.19. The standard InChI is InChI=1S/C19H26N2O2.ClH/c1-3-21(19(22)23-4-2)17-9-11-20(12-10-17)14-16-13-15-7-5-6-8-18(15)16;/h5-8,13,17H,3-4,9-12,14H2,1-2H3;1H. The minimum atomic E-state index is -0.163. The molecule has 1 aliphatic carbocycles. The van der Waals surface area contributed by atoms with Gasteiger partial charge in [-0.05, 0) is 49.5 Å². The van der Waals surface area contributed by atoms with Crippen molar-refractivity contribution in [2.45, 2.75) is 32.7 Å². The fourth-order valence-corrected chi connectivity index (χ4v) is 3.61. The van der Waals surface area contributed by atoms with E-state index in [0.717, 1.165) is 39.0 Å². The summed E-state index contributed by atoms with van der Waals surface area (Å²) in [6, 6.07) is 8.89. The molecular formula is C19H27ClN2O2. The average molecular weight is 351 g/mol. The first-order chi connectivity index (χ1) is 11.2. The van der Waals surface area contributed by atoms with Crippen LogP contribution in [-0.4, -0.2) is 54.7 Å². The Hall–Kier alpha value is -1.52. The zero-order valence-electron chi connectivity index (χ0n) is 14.5. The van der Waals surface area contributed by atoms with Crippen LogP contribution in [0.5, 0.6) is 0 Å². The van der Waals surface area contributed by atoms with E-state index >= 15 is 0 Å². The molecule has 1 aliphatic heterocycles. The van der Waals surface area contributed by atoms with Gasteiger partial charge in [-0.3, -0.25) is 4.90 Å². The van der Waals surface area contributed by atoms with Crippen LogP contribution in [0.15, 0.2) is 24.3 Å². The van der Waals surface area contributed by atoms with E-state index in [-0.39, 0.29) is 18.5 Å². The highest BCUT2D eigenvalue weighted by Crippen LogP contribution is 2.33. The van der Waals surface area contributed by atoms with Crippen molar-refractivity contribution < 1.29 is 9.53 Å². The second-order valence-corrected chi connectivity index (χ2v) is 6.25. The molecule has 1 saturated heterocycles. The summed E-state index contributed by atoms with van der Waals surface area (Å²) in [7, 11) is 0. The molecule has 1 aromatic carbocycles. The number of carbonyl (C=O) groups excluding carboxylic acids is 1. The average Bonchev–Trinajstić information content (AvgIpc) is 2.55. The van der Waals surface area contributed by atoms with E-state index in [1.54, 1.807) is 0 Å². The first kappa shape index (κ1) is 18.8. The Balaban J connectivity index is 0.00000208. The van der Waals surface area contributed by atoms with Gasteiger partial charge in [0.05, 0.1) is 6.61 Å². The molecule has 1 fully saturated rings. The van der Waals surface area contributed by atoms with Crippen LogP contribution in [0.25, 0.3) is 11.6 Å². The maximum Gasteiger partial charge on any atom is 0.409 e. The van der Waals surface area contributed by atoms with Crippen LogP contribution in [0.2, 0.25) is 0 Å². The van der Waals surface area contributed by atoms with Gasteiger partial charge >= 0.3 is 6.09 Å². The molecule has 1 aromatic rings. The van der Waals surface area contributed by atoms with E-state index in [9.17, 15) is 4.79 Å². The molecule has 0 spiro atoms. The number of rotatable bonds is 5. The van der Waals surface area contributed by atoms with Crippen LogP contribution < -0.4 is 0 Å². The lowest BCUT2D eigenvalue weighted by Crippen LogP contribution is -2.47. The van der Waals surface area contributed by atoms with Gasteiger partial charge in [0.25, 0.3) is 0 Å². The minimum absolute atomic E-state index is 0. The fourth-order valence-electron chi connectivity index (χ4n) is 3.61. The van der Waals surface area contributed by atoms with E-state index in [4.69, 9.17) is 4.74 Å². The summed E-state index contributed by atoms with van der Waals surface area (Å²) < 4.78 is 5.17. The van der Waals surface area contributed by atoms with Gasteiger partial charge in [-0.15, -0.1) is 12.4 Å². The third kappa shape index (κ3) is 3.93. The van der Waals surface area contributed by atoms with Crippen LogP contribution in [-0.2, 0) is 4.74 Å². The van der Waals surface area contributed by atoms with Crippen molar-refractivity contribution in [1.29, 1.82) is 0 Å². The van der Waals surface area contributed by atoms with Crippen molar-refractivity contribution in [2.24, 2.45) is 0 Å². The fraction of sp³-hybridized carbons (Fsp3) is 0.526. The lowest BCUT2D eigenvalue weighted by Gasteiger charge is -2.38. The number of halogens is 1. The van der Waals surface area contributed by atoms with Crippen molar-refractivity contribution in [2.75, 3.05) is 32.8 Å². The van der Waals surface area contributed by atoms with Gasteiger partial charge in [-0.1, -0.05) is 24.3 Å². The summed E-state index contributed by atoms with van der Waals surface area (Å²) in [5.74, 6) is 0. The molecule has 3 rings (SSSR count). The second kappa shape index (κ2) is 8.54. The molecule has 0 atom stereocenters. The molecule has 5 heteroatoms. The number of amides is 1. The Labute approximate surface area is 150 Å². The number of fused-ring (bicyclic) bond motifs is 1. The predicted molar refractivity (Wildman–Crippen MR) is 100 cm³/mol. The van der Waals surface area contributed by atoms with Crippen LogP contribution >= 0.6 is 12.4 Å². The third-order valence-electron chi connectivity index (χ3n) is 4.87. The smallest absolute Gasteiger partial charge is 0.409 e. The molecule has 132 valence electrons. The Bertz CT molecular complexity index is 595. The van der Waals surface area contributed by atoms with Crippen molar-refractivity contribution in [1.82, 2.24) is 9.80 Å². The number of hydrogen-bond donors (Lipinski definition) is 0. The van der Waals surface area contributed by atoms with Gasteiger partial charge in [-0.2, -0.15) is 0 Å². The van der Waals surface area contributed by atoms with E-state index in [1.807, 2.05) is 18.7 Å². The van der Waals surface area contributed by atoms with Gasteiger partial charge < -0.3 is 9.64 Å². The highest BCUT2D eigenvalue weighted by Gasteiger charge is 2.28. The maximum absolute atomic E-state index is 12.0. The zero-order chi connectivity index (χ0) is 16.2. The number of carbonyl (C=O) groups is 1. The summed E-state index contributed by atoms with van der Waals surface area (Å²) in [5.41, 5.74) is 4.20. The Morgan fingerprint density at radius 3 is 2.58 bits per heavy atom. The molecule has 0 radical (unpaired) electrons.